The molecular formula is C13H14ClNO2. The molecule has 2 rings (SSSR count). The van der Waals surface area contributed by atoms with E-state index in [9.17, 15) is 4.79 Å². The van der Waals surface area contributed by atoms with Crippen molar-refractivity contribution >= 4 is 17.7 Å². The first-order chi connectivity index (χ1) is 8.05. The molecule has 1 saturated carbocycles. The molecule has 0 N–H and O–H groups in total. The topological polar surface area (TPSA) is 38.7 Å². The number of isocyanates is 1. The third kappa shape index (κ3) is 1.86. The molecule has 0 bridgehead atoms. The van der Waals surface area contributed by atoms with E-state index in [2.05, 4.69) is 4.99 Å². The van der Waals surface area contributed by atoms with Crippen LogP contribution in [0.5, 0.6) is 5.75 Å². The molecule has 1 aromatic rings. The van der Waals surface area contributed by atoms with Gasteiger partial charge in [-0.05, 0) is 38.3 Å². The van der Waals surface area contributed by atoms with E-state index < -0.39 is 5.54 Å². The van der Waals surface area contributed by atoms with E-state index >= 15 is 0 Å². The Morgan fingerprint density at radius 3 is 2.59 bits per heavy atom. The monoisotopic (exact) mass is 251 g/mol. The number of aryl methyl sites for hydroxylation is 1. The summed E-state index contributed by atoms with van der Waals surface area (Å²) in [6.07, 6.45) is 3.39. The van der Waals surface area contributed by atoms with Crippen LogP contribution in [0.25, 0.3) is 0 Å². The zero-order valence-corrected chi connectivity index (χ0v) is 10.9. The van der Waals surface area contributed by atoms with Gasteiger partial charge < -0.3 is 4.74 Å². The quantitative estimate of drug-likeness (QED) is 0.611. The Labute approximate surface area is 105 Å². The fourth-order valence-electron chi connectivity index (χ4n) is 2.30. The van der Waals surface area contributed by atoms with Crippen molar-refractivity contribution in [2.45, 2.75) is 32.2 Å². The van der Waals surface area contributed by atoms with Gasteiger partial charge in [-0.1, -0.05) is 11.6 Å². The summed E-state index contributed by atoms with van der Waals surface area (Å²) >= 11 is 6.13. The Morgan fingerprint density at radius 1 is 1.47 bits per heavy atom. The summed E-state index contributed by atoms with van der Waals surface area (Å²) in [6.45, 7) is 3.87. The second-order valence-electron chi connectivity index (χ2n) is 4.44. The van der Waals surface area contributed by atoms with Crippen molar-refractivity contribution in [3.8, 4) is 5.75 Å². The van der Waals surface area contributed by atoms with Gasteiger partial charge in [-0.25, -0.2) is 4.79 Å². The van der Waals surface area contributed by atoms with Crippen LogP contribution in [0.15, 0.2) is 11.1 Å². The average molecular weight is 252 g/mol. The summed E-state index contributed by atoms with van der Waals surface area (Å²) in [7, 11) is 1.61. The Balaban J connectivity index is 2.69. The number of hydrogen-bond acceptors (Lipinski definition) is 3. The van der Waals surface area contributed by atoms with Gasteiger partial charge >= 0.3 is 0 Å². The molecule has 1 fully saturated rings. The lowest BCUT2D eigenvalue weighted by Gasteiger charge is -2.19. The minimum Gasteiger partial charge on any atom is -0.496 e. The molecule has 0 unspecified atom stereocenters. The molecule has 0 atom stereocenters. The largest absolute Gasteiger partial charge is 0.496 e. The molecule has 3 nitrogen and oxygen atoms in total. The van der Waals surface area contributed by atoms with E-state index in [4.69, 9.17) is 16.3 Å². The third-order valence-electron chi connectivity index (χ3n) is 3.32. The summed E-state index contributed by atoms with van der Waals surface area (Å²) in [6, 6.07) is 1.90. The molecule has 0 radical (unpaired) electrons. The standard InChI is InChI=1S/C13H14ClNO2/c1-8-6-10(14)9(2)12(17-3)11(8)13(4-5-13)15-7-16/h6H,4-5H2,1-3H3. The van der Waals surface area contributed by atoms with Crippen molar-refractivity contribution in [1.82, 2.24) is 0 Å². The molecule has 0 aromatic heterocycles. The van der Waals surface area contributed by atoms with Crippen molar-refractivity contribution in [3.63, 3.8) is 0 Å². The van der Waals surface area contributed by atoms with Crippen molar-refractivity contribution < 1.29 is 9.53 Å². The highest BCUT2D eigenvalue weighted by atomic mass is 35.5. The lowest BCUT2D eigenvalue weighted by atomic mass is 9.95. The summed E-state index contributed by atoms with van der Waals surface area (Å²) in [5.74, 6) is 0.742. The van der Waals surface area contributed by atoms with E-state index in [0.717, 1.165) is 35.3 Å². The molecule has 1 aromatic carbocycles. The maximum atomic E-state index is 10.5. The number of carbonyl (C=O) groups excluding carboxylic acids is 1. The number of aliphatic imine (C=N–C) groups is 1. The predicted octanol–water partition coefficient (Wildman–Crippen LogP) is 3.29. The molecule has 0 heterocycles. The van der Waals surface area contributed by atoms with Crippen LogP contribution in [0.4, 0.5) is 0 Å². The molecule has 0 amide bonds. The van der Waals surface area contributed by atoms with E-state index in [0.29, 0.717) is 5.02 Å². The van der Waals surface area contributed by atoms with Crippen LogP contribution in [0, 0.1) is 13.8 Å². The number of halogens is 1. The SMILES string of the molecule is COc1c(C)c(Cl)cc(C)c1C1(N=C=O)CC1. The molecule has 1 aliphatic rings. The average Bonchev–Trinajstić information content (AvgIpc) is 3.04. The van der Waals surface area contributed by atoms with Gasteiger partial charge in [0.05, 0.1) is 7.11 Å². The number of nitrogens with zero attached hydrogens (tertiary/aromatic N) is 1. The summed E-state index contributed by atoms with van der Waals surface area (Å²) < 4.78 is 5.44. The van der Waals surface area contributed by atoms with Crippen LogP contribution in [0.1, 0.15) is 29.5 Å². The fourth-order valence-corrected chi connectivity index (χ4v) is 2.55. The van der Waals surface area contributed by atoms with Crippen molar-refractivity contribution in [2.75, 3.05) is 7.11 Å². The van der Waals surface area contributed by atoms with Gasteiger partial charge in [0.1, 0.15) is 11.3 Å². The first-order valence-electron chi connectivity index (χ1n) is 5.49. The van der Waals surface area contributed by atoms with E-state index in [1.165, 1.54) is 0 Å². The molecule has 4 heteroatoms. The second kappa shape index (κ2) is 4.17. The molecule has 0 aliphatic heterocycles. The van der Waals surface area contributed by atoms with Crippen molar-refractivity contribution in [3.05, 3.63) is 27.8 Å². The number of hydrogen-bond donors (Lipinski definition) is 0. The van der Waals surface area contributed by atoms with Gasteiger partial charge in [0, 0.05) is 16.1 Å². The third-order valence-corrected chi connectivity index (χ3v) is 3.71. The van der Waals surface area contributed by atoms with Crippen LogP contribution in [0.2, 0.25) is 5.02 Å². The summed E-state index contributed by atoms with van der Waals surface area (Å²) in [5, 5.41) is 0.675. The highest BCUT2D eigenvalue weighted by Crippen LogP contribution is 2.54. The molecule has 1 aliphatic carbocycles. The van der Waals surface area contributed by atoms with Crippen LogP contribution >= 0.6 is 11.6 Å². The van der Waals surface area contributed by atoms with Gasteiger partial charge in [0.25, 0.3) is 0 Å². The van der Waals surface area contributed by atoms with Crippen LogP contribution in [0.3, 0.4) is 0 Å². The highest BCUT2D eigenvalue weighted by Gasteiger charge is 2.48. The zero-order valence-electron chi connectivity index (χ0n) is 10.1. The Hall–Kier alpha value is -1.31. The van der Waals surface area contributed by atoms with Crippen LogP contribution in [-0.4, -0.2) is 13.2 Å². The first-order valence-corrected chi connectivity index (χ1v) is 5.87. The second-order valence-corrected chi connectivity index (χ2v) is 4.85. The minimum atomic E-state index is -0.424. The number of ether oxygens (including phenoxy) is 1. The maximum absolute atomic E-state index is 10.5. The molecular weight excluding hydrogens is 238 g/mol. The lowest BCUT2D eigenvalue weighted by Crippen LogP contribution is -2.09. The smallest absolute Gasteiger partial charge is 0.235 e. The van der Waals surface area contributed by atoms with Crippen LogP contribution < -0.4 is 4.74 Å². The van der Waals surface area contributed by atoms with Gasteiger partial charge in [0.15, 0.2) is 0 Å². The van der Waals surface area contributed by atoms with Gasteiger partial charge in [-0.3, -0.25) is 0 Å². The van der Waals surface area contributed by atoms with E-state index in [1.54, 1.807) is 13.2 Å². The first kappa shape index (κ1) is 12.2. The number of benzene rings is 1. The summed E-state index contributed by atoms with van der Waals surface area (Å²) in [4.78, 5) is 14.5. The summed E-state index contributed by atoms with van der Waals surface area (Å²) in [5.41, 5.74) is 2.45. The maximum Gasteiger partial charge on any atom is 0.235 e. The molecule has 0 spiro atoms. The minimum absolute atomic E-state index is 0.424. The van der Waals surface area contributed by atoms with E-state index in [-0.39, 0.29) is 0 Å². The molecule has 17 heavy (non-hydrogen) atoms. The lowest BCUT2D eigenvalue weighted by molar-refractivity contribution is 0.400. The van der Waals surface area contributed by atoms with Crippen molar-refractivity contribution in [1.29, 1.82) is 0 Å². The van der Waals surface area contributed by atoms with E-state index in [1.807, 2.05) is 19.9 Å². The van der Waals surface area contributed by atoms with Gasteiger partial charge in [-0.15, -0.1) is 0 Å². The molecule has 90 valence electrons. The number of rotatable bonds is 3. The van der Waals surface area contributed by atoms with Gasteiger partial charge in [-0.2, -0.15) is 4.99 Å². The van der Waals surface area contributed by atoms with Crippen molar-refractivity contribution in [2.24, 2.45) is 4.99 Å². The Kier molecular flexibility index (Phi) is 2.98. The molecule has 0 saturated heterocycles. The van der Waals surface area contributed by atoms with Gasteiger partial charge in [0.2, 0.25) is 6.08 Å². The Bertz CT molecular complexity index is 515. The number of methoxy groups -OCH3 is 1. The highest BCUT2D eigenvalue weighted by molar-refractivity contribution is 6.31. The predicted molar refractivity (Wildman–Crippen MR) is 66.5 cm³/mol. The zero-order chi connectivity index (χ0) is 12.6. The Morgan fingerprint density at radius 2 is 2.12 bits per heavy atom. The normalized spacial score (nSPS) is 16.2. The van der Waals surface area contributed by atoms with Crippen LogP contribution in [-0.2, 0) is 10.3 Å². The fraction of sp³-hybridized carbons (Fsp3) is 0.462.